The summed E-state index contributed by atoms with van der Waals surface area (Å²) in [5.74, 6) is 0.379. The molecule has 4 N–H and O–H groups in total. The van der Waals surface area contributed by atoms with Gasteiger partial charge in [0.1, 0.15) is 0 Å². The molecule has 0 saturated carbocycles. The van der Waals surface area contributed by atoms with Gasteiger partial charge in [0.05, 0.1) is 40.2 Å². The number of rotatable bonds is 14. The van der Waals surface area contributed by atoms with Crippen molar-refractivity contribution < 1.29 is 18.3 Å². The van der Waals surface area contributed by atoms with Crippen LogP contribution < -0.4 is 20.9 Å². The molecule has 1 amide bonds. The zero-order chi connectivity index (χ0) is 35.5. The number of sulfone groups is 1. The van der Waals surface area contributed by atoms with E-state index in [0.29, 0.717) is 34.0 Å². The van der Waals surface area contributed by atoms with Gasteiger partial charge in [-0.05, 0) is 56.5 Å². The van der Waals surface area contributed by atoms with Gasteiger partial charge in [0, 0.05) is 48.8 Å². The zero-order valence-electron chi connectivity index (χ0n) is 28.5. The summed E-state index contributed by atoms with van der Waals surface area (Å²) in [6.07, 6.45) is 1.94. The Labute approximate surface area is 291 Å². The Morgan fingerprint density at radius 2 is 1.76 bits per heavy atom. The van der Waals surface area contributed by atoms with Crippen LogP contribution in [0.5, 0.6) is 0 Å². The van der Waals surface area contributed by atoms with E-state index in [4.69, 9.17) is 11.6 Å². The average Bonchev–Trinajstić information content (AvgIpc) is 3.49. The van der Waals surface area contributed by atoms with Crippen molar-refractivity contribution in [2.75, 3.05) is 48.5 Å². The Kier molecular flexibility index (Phi) is 11.0. The maximum atomic E-state index is 13.3. The molecule has 0 saturated heterocycles. The normalized spacial score (nSPS) is 12.5. The van der Waals surface area contributed by atoms with E-state index in [1.807, 2.05) is 75.5 Å². The van der Waals surface area contributed by atoms with Gasteiger partial charge in [-0.15, -0.1) is 0 Å². The highest BCUT2D eigenvalue weighted by molar-refractivity contribution is 7.91. The fourth-order valence-electron chi connectivity index (χ4n) is 5.54. The second-order valence-corrected chi connectivity index (χ2v) is 15.2. The second-order valence-electron chi connectivity index (χ2n) is 12.8. The average molecular weight is 707 g/mol. The van der Waals surface area contributed by atoms with Crippen molar-refractivity contribution >= 4 is 72.4 Å². The molecule has 49 heavy (non-hydrogen) atoms. The minimum atomic E-state index is -3.61. The molecule has 0 aliphatic carbocycles. The lowest BCUT2D eigenvalue weighted by Gasteiger charge is -2.20. The van der Waals surface area contributed by atoms with Crippen LogP contribution in [0.1, 0.15) is 50.5 Å². The summed E-state index contributed by atoms with van der Waals surface area (Å²) < 4.78 is 28.6. The van der Waals surface area contributed by atoms with Gasteiger partial charge in [0.25, 0.3) is 5.91 Å². The molecule has 2 aromatic heterocycles. The summed E-state index contributed by atoms with van der Waals surface area (Å²) in [5.41, 5.74) is 2.94. The molecule has 0 fully saturated rings. The molecule has 0 bridgehead atoms. The van der Waals surface area contributed by atoms with E-state index in [9.17, 15) is 18.3 Å². The predicted octanol–water partition coefficient (Wildman–Crippen LogP) is 6.05. The highest BCUT2D eigenvalue weighted by Gasteiger charge is 2.21. The molecule has 1 atom stereocenters. The van der Waals surface area contributed by atoms with Gasteiger partial charge in [0.2, 0.25) is 5.95 Å². The summed E-state index contributed by atoms with van der Waals surface area (Å²) in [4.78, 5) is 29.2. The number of carbonyl (C=O) groups excluding carboxylic acids is 1. The fraction of sp³-hybridized carbons (Fsp3) is 0.371. The van der Waals surface area contributed by atoms with Crippen LogP contribution in [-0.4, -0.2) is 78.0 Å². The molecule has 260 valence electrons. The number of aromatic nitrogens is 4. The first-order valence-electron chi connectivity index (χ1n) is 16.2. The standard InChI is InChI=1S/C35H43ClN8O4S/c1-21(2)28(19-45)40-35-41-32(31-33(42-35)44(20-38-31)22(3)4)39-23-14-15-26(27(36)18-23)34(46)37-16-9-17-49(47,48)30-13-8-10-24-25(30)11-7-12-29(24)43(5)6/h7-8,10-15,18,20-22,28,45H,9,16-17,19H2,1-6H3,(H,37,46)(H2,39,40,41,42)/t28-/m0/s1. The number of aliphatic hydroxyl groups is 1. The largest absolute Gasteiger partial charge is 0.394 e. The van der Waals surface area contributed by atoms with E-state index < -0.39 is 15.7 Å². The summed E-state index contributed by atoms with van der Waals surface area (Å²) in [7, 11) is 0.233. The molecular formula is C35H43ClN8O4S. The summed E-state index contributed by atoms with van der Waals surface area (Å²) in [5, 5.41) is 20.9. The molecule has 12 nitrogen and oxygen atoms in total. The fourth-order valence-corrected chi connectivity index (χ4v) is 7.35. The smallest absolute Gasteiger partial charge is 0.252 e. The van der Waals surface area contributed by atoms with E-state index in [-0.39, 0.29) is 58.8 Å². The number of amides is 1. The molecule has 0 radical (unpaired) electrons. The van der Waals surface area contributed by atoms with E-state index >= 15 is 0 Å². The molecule has 5 rings (SSSR count). The Bertz CT molecular complexity index is 2080. The number of imidazole rings is 1. The van der Waals surface area contributed by atoms with Gasteiger partial charge in [-0.3, -0.25) is 4.79 Å². The van der Waals surface area contributed by atoms with Gasteiger partial charge in [0.15, 0.2) is 26.8 Å². The van der Waals surface area contributed by atoms with Crippen molar-refractivity contribution in [3.8, 4) is 0 Å². The quantitative estimate of drug-likeness (QED) is 0.100. The number of nitrogens with zero attached hydrogens (tertiary/aromatic N) is 5. The molecule has 3 aromatic carbocycles. The van der Waals surface area contributed by atoms with E-state index in [1.165, 1.54) is 0 Å². The Hall–Kier alpha value is -4.46. The van der Waals surface area contributed by atoms with Crippen LogP contribution in [0.4, 0.5) is 23.1 Å². The number of hydrogen-bond donors (Lipinski definition) is 4. The van der Waals surface area contributed by atoms with Gasteiger partial charge in [-0.2, -0.15) is 9.97 Å². The third-order valence-corrected chi connectivity index (χ3v) is 10.5. The van der Waals surface area contributed by atoms with E-state index in [2.05, 4.69) is 30.9 Å². The third-order valence-electron chi connectivity index (χ3n) is 8.32. The number of nitrogens with one attached hydrogen (secondary N) is 3. The third kappa shape index (κ3) is 7.90. The molecule has 0 spiro atoms. The van der Waals surface area contributed by atoms with Crippen LogP contribution in [-0.2, 0) is 9.84 Å². The SMILES string of the molecule is CC(C)[C@H](CO)Nc1nc(Nc2ccc(C(=O)NCCCS(=O)(=O)c3cccc4c(N(C)C)cccc34)c(Cl)c2)c2ncn(C(C)C)c2n1. The van der Waals surface area contributed by atoms with Crippen molar-refractivity contribution in [3.63, 3.8) is 0 Å². The molecule has 0 unspecified atom stereocenters. The summed E-state index contributed by atoms with van der Waals surface area (Å²) in [6.45, 7) is 8.13. The molecular weight excluding hydrogens is 664 g/mol. The molecule has 0 aliphatic rings. The van der Waals surface area contributed by atoms with Crippen molar-refractivity contribution in [2.45, 2.75) is 51.1 Å². The topological polar surface area (TPSA) is 154 Å². The highest BCUT2D eigenvalue weighted by atomic mass is 35.5. The summed E-state index contributed by atoms with van der Waals surface area (Å²) in [6, 6.07) is 15.7. The monoisotopic (exact) mass is 706 g/mol. The van der Waals surface area contributed by atoms with Crippen LogP contribution in [0.15, 0.2) is 65.8 Å². The lowest BCUT2D eigenvalue weighted by Crippen LogP contribution is -2.30. The first kappa shape index (κ1) is 35.8. The molecule has 14 heteroatoms. The zero-order valence-corrected chi connectivity index (χ0v) is 30.1. The maximum Gasteiger partial charge on any atom is 0.252 e. The van der Waals surface area contributed by atoms with Crippen molar-refractivity contribution in [1.29, 1.82) is 0 Å². The molecule has 0 aliphatic heterocycles. The van der Waals surface area contributed by atoms with Gasteiger partial charge >= 0.3 is 0 Å². The number of benzene rings is 3. The van der Waals surface area contributed by atoms with Gasteiger partial charge in [-0.1, -0.05) is 49.7 Å². The molecule has 2 heterocycles. The van der Waals surface area contributed by atoms with Crippen LogP contribution in [0.2, 0.25) is 5.02 Å². The number of hydrogen-bond acceptors (Lipinski definition) is 10. The van der Waals surface area contributed by atoms with Crippen LogP contribution in [0.25, 0.3) is 21.9 Å². The Morgan fingerprint density at radius 3 is 2.43 bits per heavy atom. The van der Waals surface area contributed by atoms with Gasteiger partial charge < -0.3 is 30.5 Å². The van der Waals surface area contributed by atoms with Crippen molar-refractivity contribution in [1.82, 2.24) is 24.8 Å². The first-order chi connectivity index (χ1) is 23.3. The van der Waals surface area contributed by atoms with Crippen LogP contribution in [0, 0.1) is 5.92 Å². The van der Waals surface area contributed by atoms with Gasteiger partial charge in [-0.25, -0.2) is 13.4 Å². The number of carbonyl (C=O) groups is 1. The first-order valence-corrected chi connectivity index (χ1v) is 18.2. The lowest BCUT2D eigenvalue weighted by atomic mass is 10.1. The van der Waals surface area contributed by atoms with Crippen LogP contribution in [0.3, 0.4) is 0 Å². The minimum absolute atomic E-state index is 0.0811. The highest BCUT2D eigenvalue weighted by Crippen LogP contribution is 2.31. The lowest BCUT2D eigenvalue weighted by molar-refractivity contribution is 0.0954. The second kappa shape index (κ2) is 15.0. The molecule has 5 aromatic rings. The Balaban J connectivity index is 1.27. The van der Waals surface area contributed by atoms with E-state index in [0.717, 1.165) is 11.1 Å². The van der Waals surface area contributed by atoms with Crippen molar-refractivity contribution in [2.24, 2.45) is 5.92 Å². The number of anilines is 4. The Morgan fingerprint density at radius 1 is 1.02 bits per heavy atom. The number of fused-ring (bicyclic) bond motifs is 2. The van der Waals surface area contributed by atoms with Crippen LogP contribution >= 0.6 is 11.6 Å². The van der Waals surface area contributed by atoms with E-state index in [1.54, 1.807) is 36.7 Å². The predicted molar refractivity (Wildman–Crippen MR) is 197 cm³/mol. The maximum absolute atomic E-state index is 13.3. The number of aliphatic hydroxyl groups excluding tert-OH is 1. The summed E-state index contributed by atoms with van der Waals surface area (Å²) >= 11 is 6.57. The van der Waals surface area contributed by atoms with Crippen molar-refractivity contribution in [3.05, 3.63) is 71.5 Å². The minimum Gasteiger partial charge on any atom is -0.394 e. The number of halogens is 1.